The van der Waals surface area contributed by atoms with Gasteiger partial charge in [0.05, 0.1) is 11.0 Å². The Labute approximate surface area is 275 Å². The number of aromatic nitrogens is 2. The van der Waals surface area contributed by atoms with Gasteiger partial charge in [0.2, 0.25) is 0 Å². The number of anilines is 3. The van der Waals surface area contributed by atoms with E-state index < -0.39 is 0 Å². The highest BCUT2D eigenvalue weighted by molar-refractivity contribution is 5.99. The van der Waals surface area contributed by atoms with Crippen LogP contribution in [-0.4, -0.2) is 9.55 Å². The average Bonchev–Trinajstić information content (AvgIpc) is 3.60. The highest BCUT2D eigenvalue weighted by Gasteiger charge is 2.37. The quantitative estimate of drug-likeness (QED) is 0.195. The normalized spacial score (nSPS) is 13.1. The molecule has 1 aromatic heterocycles. The molecule has 8 aromatic rings. The van der Waals surface area contributed by atoms with Crippen LogP contribution in [0.4, 0.5) is 17.1 Å². The van der Waals surface area contributed by atoms with Crippen LogP contribution in [0, 0.1) is 0 Å². The van der Waals surface area contributed by atoms with E-state index in [1.807, 2.05) is 0 Å². The first-order valence-corrected chi connectivity index (χ1v) is 16.2. The van der Waals surface area contributed by atoms with Crippen molar-refractivity contribution in [2.24, 2.45) is 0 Å². The summed E-state index contributed by atoms with van der Waals surface area (Å²) in [5.41, 5.74) is 12.9. The lowest BCUT2D eigenvalue weighted by Gasteiger charge is -2.26. The summed E-state index contributed by atoms with van der Waals surface area (Å²) in [6, 6.07) is 58.7. The maximum absolute atomic E-state index is 5.27. The number of hydrogen-bond acceptors (Lipinski definition) is 2. The van der Waals surface area contributed by atoms with Gasteiger partial charge >= 0.3 is 0 Å². The zero-order chi connectivity index (χ0) is 31.5. The molecule has 1 heterocycles. The first kappa shape index (κ1) is 27.4. The molecule has 1 aliphatic carbocycles. The third kappa shape index (κ3) is 4.39. The SMILES string of the molecule is CC1(C)c2cc3ccc(N(c4ccccc4)c4ccccc4)cc3cc2-c2cc3c(cc21)nc(-c1ccccc1)n3-c1ccccc1. The standard InChI is InChI=1S/C44H33N3/c1-44(2)39-27-31-23-24-36(46(33-17-9-4-10-18-33)34-19-11-5-12-20-34)25-32(31)26-37(39)38-28-42-41(29-40(38)44)45-43(30-15-7-3-8-16-30)47(42)35-21-13-6-14-22-35/h3-29H,1-2H3. The number of imidazole rings is 1. The summed E-state index contributed by atoms with van der Waals surface area (Å²) >= 11 is 0. The molecule has 0 radical (unpaired) electrons. The molecule has 0 amide bonds. The average molecular weight is 604 g/mol. The Morgan fingerprint density at radius 2 is 1.09 bits per heavy atom. The number of benzene rings is 7. The molecular weight excluding hydrogens is 571 g/mol. The minimum atomic E-state index is -0.157. The summed E-state index contributed by atoms with van der Waals surface area (Å²) in [4.78, 5) is 7.60. The molecule has 47 heavy (non-hydrogen) atoms. The number of para-hydroxylation sites is 3. The van der Waals surface area contributed by atoms with Crippen LogP contribution in [0.2, 0.25) is 0 Å². The third-order valence-corrected chi connectivity index (χ3v) is 9.72. The van der Waals surface area contributed by atoms with E-state index >= 15 is 0 Å². The highest BCUT2D eigenvalue weighted by atomic mass is 15.1. The lowest BCUT2D eigenvalue weighted by molar-refractivity contribution is 0.662. The topological polar surface area (TPSA) is 21.1 Å². The Hall–Kier alpha value is -5.93. The minimum absolute atomic E-state index is 0.157. The molecule has 9 rings (SSSR count). The van der Waals surface area contributed by atoms with Crippen molar-refractivity contribution in [1.82, 2.24) is 9.55 Å². The first-order valence-electron chi connectivity index (χ1n) is 16.2. The van der Waals surface area contributed by atoms with Crippen molar-refractivity contribution in [1.29, 1.82) is 0 Å². The van der Waals surface area contributed by atoms with E-state index in [1.54, 1.807) is 0 Å². The van der Waals surface area contributed by atoms with Gasteiger partial charge in [0.15, 0.2) is 0 Å². The first-order chi connectivity index (χ1) is 23.1. The molecule has 0 spiro atoms. The molecule has 224 valence electrons. The predicted octanol–water partition coefficient (Wildman–Crippen LogP) is 11.6. The predicted molar refractivity (Wildman–Crippen MR) is 196 cm³/mol. The second-order valence-electron chi connectivity index (χ2n) is 12.9. The monoisotopic (exact) mass is 603 g/mol. The van der Waals surface area contributed by atoms with Crippen molar-refractivity contribution in [3.63, 3.8) is 0 Å². The van der Waals surface area contributed by atoms with Gasteiger partial charge in [0.1, 0.15) is 5.82 Å². The molecule has 1 aliphatic rings. The van der Waals surface area contributed by atoms with Gasteiger partial charge in [-0.25, -0.2) is 4.98 Å². The maximum atomic E-state index is 5.27. The van der Waals surface area contributed by atoms with Crippen molar-refractivity contribution >= 4 is 38.9 Å². The molecule has 7 aromatic carbocycles. The van der Waals surface area contributed by atoms with Crippen LogP contribution in [0.1, 0.15) is 25.0 Å². The van der Waals surface area contributed by atoms with Crippen LogP contribution < -0.4 is 4.90 Å². The molecule has 0 atom stereocenters. The summed E-state index contributed by atoms with van der Waals surface area (Å²) < 4.78 is 2.31. The smallest absolute Gasteiger partial charge is 0.145 e. The largest absolute Gasteiger partial charge is 0.310 e. The lowest BCUT2D eigenvalue weighted by atomic mass is 9.82. The fourth-order valence-corrected chi connectivity index (χ4v) is 7.39. The van der Waals surface area contributed by atoms with Gasteiger partial charge in [0, 0.05) is 33.7 Å². The highest BCUT2D eigenvalue weighted by Crippen LogP contribution is 2.52. The van der Waals surface area contributed by atoms with Gasteiger partial charge in [0.25, 0.3) is 0 Å². The number of rotatable bonds is 5. The Morgan fingerprint density at radius 3 is 1.74 bits per heavy atom. The van der Waals surface area contributed by atoms with E-state index in [0.29, 0.717) is 0 Å². The van der Waals surface area contributed by atoms with E-state index in [-0.39, 0.29) is 5.41 Å². The molecule has 0 bridgehead atoms. The van der Waals surface area contributed by atoms with E-state index in [1.165, 1.54) is 33.0 Å². The molecule has 3 nitrogen and oxygen atoms in total. The Kier molecular flexibility index (Phi) is 6.16. The van der Waals surface area contributed by atoms with Gasteiger partial charge in [-0.15, -0.1) is 0 Å². The Balaban J connectivity index is 1.25. The summed E-state index contributed by atoms with van der Waals surface area (Å²) in [5, 5.41) is 2.47. The molecule has 0 saturated heterocycles. The zero-order valence-corrected chi connectivity index (χ0v) is 26.4. The van der Waals surface area contributed by atoms with Crippen LogP contribution >= 0.6 is 0 Å². The van der Waals surface area contributed by atoms with Crippen molar-refractivity contribution in [3.8, 4) is 28.2 Å². The van der Waals surface area contributed by atoms with E-state index in [0.717, 1.165) is 45.2 Å². The van der Waals surface area contributed by atoms with Crippen molar-refractivity contribution in [2.75, 3.05) is 4.90 Å². The fraction of sp³-hybridized carbons (Fsp3) is 0.0682. The summed E-state index contributed by atoms with van der Waals surface area (Å²) in [6.07, 6.45) is 0. The molecule has 3 heteroatoms. The number of fused-ring (bicyclic) bond motifs is 5. The minimum Gasteiger partial charge on any atom is -0.310 e. The molecule has 0 unspecified atom stereocenters. The van der Waals surface area contributed by atoms with Crippen LogP contribution in [0.25, 0.3) is 50.0 Å². The zero-order valence-electron chi connectivity index (χ0n) is 26.4. The second-order valence-corrected chi connectivity index (χ2v) is 12.9. The molecular formula is C44H33N3. The van der Waals surface area contributed by atoms with Gasteiger partial charge in [-0.1, -0.05) is 105 Å². The molecule has 0 aliphatic heterocycles. The van der Waals surface area contributed by atoms with Gasteiger partial charge in [-0.2, -0.15) is 0 Å². The maximum Gasteiger partial charge on any atom is 0.145 e. The Bertz CT molecular complexity index is 2370. The van der Waals surface area contributed by atoms with E-state index in [9.17, 15) is 0 Å². The number of nitrogens with zero attached hydrogens (tertiary/aromatic N) is 3. The van der Waals surface area contributed by atoms with Crippen LogP contribution in [0.15, 0.2) is 164 Å². The summed E-state index contributed by atoms with van der Waals surface area (Å²) in [5.74, 6) is 0.957. The van der Waals surface area contributed by atoms with Crippen molar-refractivity contribution < 1.29 is 0 Å². The fourth-order valence-electron chi connectivity index (χ4n) is 7.39. The Morgan fingerprint density at radius 1 is 0.511 bits per heavy atom. The van der Waals surface area contributed by atoms with E-state index in [2.05, 4.69) is 187 Å². The van der Waals surface area contributed by atoms with Crippen molar-refractivity contribution in [2.45, 2.75) is 19.3 Å². The lowest BCUT2D eigenvalue weighted by Crippen LogP contribution is -2.15. The second kappa shape index (κ2) is 10.6. The molecule has 0 N–H and O–H groups in total. The van der Waals surface area contributed by atoms with Crippen LogP contribution in [0.5, 0.6) is 0 Å². The molecule has 0 fully saturated rings. The molecule has 0 saturated carbocycles. The van der Waals surface area contributed by atoms with Crippen LogP contribution in [-0.2, 0) is 5.41 Å². The third-order valence-electron chi connectivity index (χ3n) is 9.72. The van der Waals surface area contributed by atoms with Crippen LogP contribution in [0.3, 0.4) is 0 Å². The van der Waals surface area contributed by atoms with Gasteiger partial charge < -0.3 is 4.90 Å². The van der Waals surface area contributed by atoms with Crippen molar-refractivity contribution in [3.05, 3.63) is 175 Å². The summed E-state index contributed by atoms with van der Waals surface area (Å²) in [6.45, 7) is 4.70. The number of hydrogen-bond donors (Lipinski definition) is 0. The van der Waals surface area contributed by atoms with E-state index in [4.69, 9.17) is 4.98 Å². The van der Waals surface area contributed by atoms with Gasteiger partial charge in [-0.05, 0) is 106 Å². The van der Waals surface area contributed by atoms with Gasteiger partial charge in [-0.3, -0.25) is 4.57 Å². The summed E-state index contributed by atoms with van der Waals surface area (Å²) in [7, 11) is 0.